The van der Waals surface area contributed by atoms with Gasteiger partial charge >= 0.3 is 0 Å². The van der Waals surface area contributed by atoms with Crippen LogP contribution in [-0.2, 0) is 0 Å². The van der Waals surface area contributed by atoms with Crippen LogP contribution in [0.3, 0.4) is 0 Å². The number of nitrogen functional groups attached to an aromatic ring is 1. The van der Waals surface area contributed by atoms with Gasteiger partial charge in [0, 0.05) is 11.8 Å². The minimum absolute atomic E-state index is 0.0312. The highest BCUT2D eigenvalue weighted by atomic mass is 19.1. The van der Waals surface area contributed by atoms with Gasteiger partial charge in [0.15, 0.2) is 0 Å². The monoisotopic (exact) mass is 238 g/mol. The molecule has 0 fully saturated rings. The Balaban J connectivity index is 2.34. The zero-order chi connectivity index (χ0) is 12.4. The number of halogens is 3. The summed E-state index contributed by atoms with van der Waals surface area (Å²) in [6.07, 6.45) is 0. The van der Waals surface area contributed by atoms with E-state index in [1.165, 1.54) is 12.1 Å². The molecule has 0 aliphatic heterocycles. The van der Waals surface area contributed by atoms with Crippen molar-refractivity contribution in [1.29, 1.82) is 0 Å². The summed E-state index contributed by atoms with van der Waals surface area (Å²) < 4.78 is 39.6. The van der Waals surface area contributed by atoms with E-state index < -0.39 is 17.5 Å². The molecule has 0 atom stereocenters. The molecule has 2 nitrogen and oxygen atoms in total. The highest BCUT2D eigenvalue weighted by Gasteiger charge is 2.07. The highest BCUT2D eigenvalue weighted by molar-refractivity contribution is 5.63. The van der Waals surface area contributed by atoms with Gasteiger partial charge in [0.25, 0.3) is 0 Å². The number of benzene rings is 2. The third-order valence-electron chi connectivity index (χ3n) is 2.19. The van der Waals surface area contributed by atoms with Crippen LogP contribution in [0.15, 0.2) is 36.4 Å². The first kappa shape index (κ1) is 11.3. The summed E-state index contributed by atoms with van der Waals surface area (Å²) in [7, 11) is 0. The Bertz CT molecular complexity index is 555. The lowest BCUT2D eigenvalue weighted by atomic mass is 10.2. The third-order valence-corrected chi connectivity index (χ3v) is 2.19. The van der Waals surface area contributed by atoms with Crippen molar-refractivity contribution in [2.45, 2.75) is 0 Å². The molecule has 2 aromatic rings. The Morgan fingerprint density at radius 1 is 0.824 bits per heavy atom. The number of hydrogen-bond acceptors (Lipinski definition) is 2. The fourth-order valence-electron chi connectivity index (χ4n) is 1.37. The number of rotatable bonds is 2. The summed E-state index contributed by atoms with van der Waals surface area (Å²) in [5.74, 6) is -1.90. The molecule has 88 valence electrons. The van der Waals surface area contributed by atoms with Crippen molar-refractivity contribution in [2.24, 2.45) is 0 Å². The summed E-state index contributed by atoms with van der Waals surface area (Å²) in [6.45, 7) is 0. The van der Waals surface area contributed by atoms with Crippen LogP contribution in [-0.4, -0.2) is 0 Å². The van der Waals surface area contributed by atoms with Crippen molar-refractivity contribution in [3.05, 3.63) is 53.8 Å². The van der Waals surface area contributed by atoms with E-state index in [1.54, 1.807) is 0 Å². The second kappa shape index (κ2) is 4.37. The molecule has 3 N–H and O–H groups in total. The van der Waals surface area contributed by atoms with Crippen LogP contribution in [0.25, 0.3) is 0 Å². The van der Waals surface area contributed by atoms with Gasteiger partial charge in [-0.05, 0) is 30.3 Å². The van der Waals surface area contributed by atoms with Crippen LogP contribution in [0.5, 0.6) is 0 Å². The predicted molar refractivity (Wildman–Crippen MR) is 60.5 cm³/mol. The average Bonchev–Trinajstić information content (AvgIpc) is 2.27. The van der Waals surface area contributed by atoms with Crippen LogP contribution < -0.4 is 11.1 Å². The number of anilines is 3. The summed E-state index contributed by atoms with van der Waals surface area (Å²) in [4.78, 5) is 0. The molecule has 0 radical (unpaired) electrons. The van der Waals surface area contributed by atoms with Gasteiger partial charge in [0.1, 0.15) is 17.5 Å². The van der Waals surface area contributed by atoms with E-state index in [0.717, 1.165) is 24.3 Å². The van der Waals surface area contributed by atoms with Gasteiger partial charge in [0.05, 0.1) is 11.4 Å². The molecule has 2 aromatic carbocycles. The maximum atomic E-state index is 13.4. The molecular formula is C12H9F3N2. The molecule has 0 amide bonds. The molecule has 0 aliphatic carbocycles. The lowest BCUT2D eigenvalue weighted by Gasteiger charge is -2.09. The first-order valence-corrected chi connectivity index (χ1v) is 4.83. The smallest absolute Gasteiger partial charge is 0.148 e. The van der Waals surface area contributed by atoms with E-state index in [9.17, 15) is 13.2 Å². The molecule has 0 bridgehead atoms. The Morgan fingerprint density at radius 3 is 2.29 bits per heavy atom. The van der Waals surface area contributed by atoms with Crippen LogP contribution in [0.2, 0.25) is 0 Å². The van der Waals surface area contributed by atoms with E-state index in [2.05, 4.69) is 5.32 Å². The van der Waals surface area contributed by atoms with Gasteiger partial charge < -0.3 is 11.1 Å². The summed E-state index contributed by atoms with van der Waals surface area (Å²) in [6, 6.07) is 6.81. The summed E-state index contributed by atoms with van der Waals surface area (Å²) in [5.41, 5.74) is 5.53. The van der Waals surface area contributed by atoms with Gasteiger partial charge in [0.2, 0.25) is 0 Å². The molecule has 0 saturated heterocycles. The average molecular weight is 238 g/mol. The lowest BCUT2D eigenvalue weighted by Crippen LogP contribution is -1.98. The molecule has 17 heavy (non-hydrogen) atoms. The van der Waals surface area contributed by atoms with Crippen LogP contribution in [0, 0.1) is 17.5 Å². The molecule has 0 spiro atoms. The minimum atomic E-state index is -0.664. The normalized spacial score (nSPS) is 10.3. The Kier molecular flexibility index (Phi) is 2.91. The molecule has 5 heteroatoms. The molecule has 0 aromatic heterocycles. The minimum Gasteiger partial charge on any atom is -0.399 e. The molecule has 0 heterocycles. The summed E-state index contributed by atoms with van der Waals surface area (Å²) >= 11 is 0. The van der Waals surface area contributed by atoms with E-state index in [1.807, 2.05) is 0 Å². The number of nitrogens with two attached hydrogens (primary N) is 1. The fraction of sp³-hybridized carbons (Fsp3) is 0. The lowest BCUT2D eigenvalue weighted by molar-refractivity contribution is 0.602. The quantitative estimate of drug-likeness (QED) is 0.786. The van der Waals surface area contributed by atoms with Crippen LogP contribution in [0.1, 0.15) is 0 Å². The van der Waals surface area contributed by atoms with E-state index in [-0.39, 0.29) is 17.1 Å². The number of hydrogen-bond donors (Lipinski definition) is 2. The first-order chi connectivity index (χ1) is 8.06. The fourth-order valence-corrected chi connectivity index (χ4v) is 1.37. The van der Waals surface area contributed by atoms with Crippen molar-refractivity contribution < 1.29 is 13.2 Å². The predicted octanol–water partition coefficient (Wildman–Crippen LogP) is 3.43. The topological polar surface area (TPSA) is 38.0 Å². The maximum absolute atomic E-state index is 13.4. The van der Waals surface area contributed by atoms with Gasteiger partial charge in [-0.3, -0.25) is 0 Å². The standard InChI is InChI=1S/C12H9F3N2/c13-7-1-3-9(14)12(5-7)17-11-4-2-8(16)6-10(11)15/h1-6,17H,16H2. The van der Waals surface area contributed by atoms with Gasteiger partial charge in [-0.25, -0.2) is 13.2 Å². The number of nitrogens with one attached hydrogen (secondary N) is 1. The van der Waals surface area contributed by atoms with E-state index >= 15 is 0 Å². The van der Waals surface area contributed by atoms with E-state index in [4.69, 9.17) is 5.73 Å². The van der Waals surface area contributed by atoms with Crippen molar-refractivity contribution in [3.8, 4) is 0 Å². The van der Waals surface area contributed by atoms with Gasteiger partial charge in [-0.2, -0.15) is 0 Å². The van der Waals surface area contributed by atoms with Crippen LogP contribution >= 0.6 is 0 Å². The highest BCUT2D eigenvalue weighted by Crippen LogP contribution is 2.24. The molecule has 0 aliphatic rings. The molecule has 0 saturated carbocycles. The van der Waals surface area contributed by atoms with Crippen molar-refractivity contribution in [2.75, 3.05) is 11.1 Å². The maximum Gasteiger partial charge on any atom is 0.148 e. The first-order valence-electron chi connectivity index (χ1n) is 4.83. The Morgan fingerprint density at radius 2 is 1.59 bits per heavy atom. The molecule has 0 unspecified atom stereocenters. The zero-order valence-electron chi connectivity index (χ0n) is 8.68. The third kappa shape index (κ3) is 2.50. The zero-order valence-corrected chi connectivity index (χ0v) is 8.68. The van der Waals surface area contributed by atoms with Crippen molar-refractivity contribution in [1.82, 2.24) is 0 Å². The van der Waals surface area contributed by atoms with Gasteiger partial charge in [-0.15, -0.1) is 0 Å². The van der Waals surface area contributed by atoms with Gasteiger partial charge in [-0.1, -0.05) is 0 Å². The second-order valence-electron chi connectivity index (χ2n) is 3.49. The largest absolute Gasteiger partial charge is 0.399 e. The van der Waals surface area contributed by atoms with Crippen LogP contribution in [0.4, 0.5) is 30.2 Å². The SMILES string of the molecule is Nc1ccc(Nc2cc(F)ccc2F)c(F)c1. The Labute approximate surface area is 95.9 Å². The van der Waals surface area contributed by atoms with E-state index in [0.29, 0.717) is 0 Å². The second-order valence-corrected chi connectivity index (χ2v) is 3.49. The summed E-state index contributed by atoms with van der Waals surface area (Å²) in [5, 5.41) is 2.46. The molecular weight excluding hydrogens is 229 g/mol. The van der Waals surface area contributed by atoms with Crippen molar-refractivity contribution >= 4 is 17.1 Å². The van der Waals surface area contributed by atoms with Crippen molar-refractivity contribution in [3.63, 3.8) is 0 Å². The Hall–Kier alpha value is -2.17. The molecule has 2 rings (SSSR count).